The van der Waals surface area contributed by atoms with Crippen molar-refractivity contribution in [3.63, 3.8) is 0 Å². The topological polar surface area (TPSA) is 9.23 Å². The minimum atomic E-state index is -0.426. The normalized spacial score (nSPS) is 13.5. The van der Waals surface area contributed by atoms with Crippen LogP contribution in [0.4, 0.5) is 0 Å². The standard InChI is InChI=1S/C27H40O/c1-6-7-8-9-10-17-22-25(26(2,3)4)27(28-5,23-18-13-11-14-19-23)24-20-15-12-16-21-24/h11-16,18-21,25H,6-10,17,22H2,1-5H3. The van der Waals surface area contributed by atoms with Gasteiger partial charge in [-0.1, -0.05) is 127 Å². The zero-order chi connectivity index (χ0) is 20.5. The molecule has 0 amide bonds. The van der Waals surface area contributed by atoms with E-state index >= 15 is 0 Å². The van der Waals surface area contributed by atoms with Crippen LogP contribution in [-0.2, 0) is 10.3 Å². The molecule has 0 bridgehead atoms. The van der Waals surface area contributed by atoms with Crippen LogP contribution in [0, 0.1) is 11.3 Å². The zero-order valence-electron chi connectivity index (χ0n) is 18.7. The van der Waals surface area contributed by atoms with Crippen molar-refractivity contribution < 1.29 is 4.74 Å². The van der Waals surface area contributed by atoms with Crippen LogP contribution in [0.1, 0.15) is 83.8 Å². The first-order valence-corrected chi connectivity index (χ1v) is 11.1. The van der Waals surface area contributed by atoms with Gasteiger partial charge in [-0.15, -0.1) is 0 Å². The second-order valence-corrected chi connectivity index (χ2v) is 9.15. The lowest BCUT2D eigenvalue weighted by atomic mass is 9.63. The molecule has 2 rings (SSSR count). The van der Waals surface area contributed by atoms with Gasteiger partial charge in [-0.05, 0) is 23.0 Å². The summed E-state index contributed by atoms with van der Waals surface area (Å²) < 4.78 is 6.49. The molecule has 1 atom stereocenters. The lowest BCUT2D eigenvalue weighted by Crippen LogP contribution is -2.45. The highest BCUT2D eigenvalue weighted by Gasteiger charge is 2.47. The molecular formula is C27H40O. The molecule has 0 fully saturated rings. The maximum atomic E-state index is 6.49. The Kier molecular flexibility index (Phi) is 8.76. The van der Waals surface area contributed by atoms with E-state index in [0.717, 1.165) is 0 Å². The summed E-state index contributed by atoms with van der Waals surface area (Å²) in [5.74, 6) is 0.390. The van der Waals surface area contributed by atoms with Gasteiger partial charge in [0.25, 0.3) is 0 Å². The molecular weight excluding hydrogens is 340 g/mol. The minimum Gasteiger partial charge on any atom is -0.368 e. The van der Waals surface area contributed by atoms with Crippen LogP contribution in [0.15, 0.2) is 60.7 Å². The average molecular weight is 381 g/mol. The Hall–Kier alpha value is -1.60. The quantitative estimate of drug-likeness (QED) is 0.359. The molecule has 0 aliphatic heterocycles. The van der Waals surface area contributed by atoms with E-state index in [2.05, 4.69) is 88.4 Å². The van der Waals surface area contributed by atoms with Crippen LogP contribution in [0.3, 0.4) is 0 Å². The molecule has 2 aromatic carbocycles. The summed E-state index contributed by atoms with van der Waals surface area (Å²) in [4.78, 5) is 0. The number of rotatable bonds is 11. The molecule has 28 heavy (non-hydrogen) atoms. The highest BCUT2D eigenvalue weighted by molar-refractivity contribution is 5.38. The van der Waals surface area contributed by atoms with Gasteiger partial charge in [0, 0.05) is 13.0 Å². The lowest BCUT2D eigenvalue weighted by Gasteiger charge is -2.47. The molecule has 154 valence electrons. The number of ether oxygens (including phenoxy) is 1. The number of unbranched alkanes of at least 4 members (excludes halogenated alkanes) is 5. The van der Waals surface area contributed by atoms with Gasteiger partial charge >= 0.3 is 0 Å². The summed E-state index contributed by atoms with van der Waals surface area (Å²) in [6.07, 6.45) is 9.13. The molecule has 0 spiro atoms. The van der Waals surface area contributed by atoms with Gasteiger partial charge in [-0.25, -0.2) is 0 Å². The van der Waals surface area contributed by atoms with Gasteiger partial charge < -0.3 is 4.74 Å². The number of hydrogen-bond acceptors (Lipinski definition) is 1. The van der Waals surface area contributed by atoms with Gasteiger partial charge in [0.05, 0.1) is 0 Å². The molecule has 0 heterocycles. The molecule has 2 aromatic rings. The van der Waals surface area contributed by atoms with E-state index in [9.17, 15) is 0 Å². The van der Waals surface area contributed by atoms with Crippen LogP contribution in [0.25, 0.3) is 0 Å². The highest BCUT2D eigenvalue weighted by atomic mass is 16.5. The maximum Gasteiger partial charge on any atom is 0.121 e. The van der Waals surface area contributed by atoms with Gasteiger partial charge in [-0.2, -0.15) is 0 Å². The van der Waals surface area contributed by atoms with Crippen molar-refractivity contribution in [1.82, 2.24) is 0 Å². The summed E-state index contributed by atoms with van der Waals surface area (Å²) in [5.41, 5.74) is 2.22. The maximum absolute atomic E-state index is 6.49. The van der Waals surface area contributed by atoms with Crippen LogP contribution < -0.4 is 0 Å². The Morgan fingerprint density at radius 2 is 1.18 bits per heavy atom. The monoisotopic (exact) mass is 380 g/mol. The van der Waals surface area contributed by atoms with E-state index < -0.39 is 5.60 Å². The fourth-order valence-corrected chi connectivity index (χ4v) is 4.69. The second kappa shape index (κ2) is 10.8. The zero-order valence-corrected chi connectivity index (χ0v) is 18.7. The van der Waals surface area contributed by atoms with Crippen LogP contribution in [-0.4, -0.2) is 7.11 Å². The van der Waals surface area contributed by atoms with Crippen molar-refractivity contribution in [2.75, 3.05) is 7.11 Å². The Labute approximate surface area is 173 Å². The second-order valence-electron chi connectivity index (χ2n) is 9.15. The van der Waals surface area contributed by atoms with E-state index in [4.69, 9.17) is 4.74 Å². The van der Waals surface area contributed by atoms with E-state index in [1.807, 2.05) is 7.11 Å². The predicted molar refractivity (Wildman–Crippen MR) is 122 cm³/mol. The molecule has 0 saturated carbocycles. The minimum absolute atomic E-state index is 0.130. The summed E-state index contributed by atoms with van der Waals surface area (Å²) in [5, 5.41) is 0. The first-order valence-electron chi connectivity index (χ1n) is 11.1. The van der Waals surface area contributed by atoms with E-state index in [-0.39, 0.29) is 5.41 Å². The van der Waals surface area contributed by atoms with Gasteiger partial charge in [0.1, 0.15) is 5.60 Å². The predicted octanol–water partition coefficient (Wildman–Crippen LogP) is 7.99. The van der Waals surface area contributed by atoms with Gasteiger partial charge in [0.2, 0.25) is 0 Å². The lowest BCUT2D eigenvalue weighted by molar-refractivity contribution is -0.0729. The molecule has 0 saturated heterocycles. The fraction of sp³-hybridized carbons (Fsp3) is 0.556. The summed E-state index contributed by atoms with van der Waals surface area (Å²) in [7, 11) is 1.89. The Balaban J connectivity index is 2.39. The summed E-state index contributed by atoms with van der Waals surface area (Å²) in [6, 6.07) is 21.7. The smallest absolute Gasteiger partial charge is 0.121 e. The highest BCUT2D eigenvalue weighted by Crippen LogP contribution is 2.50. The van der Waals surface area contributed by atoms with E-state index in [1.54, 1.807) is 0 Å². The van der Waals surface area contributed by atoms with Crippen molar-refractivity contribution in [1.29, 1.82) is 0 Å². The summed E-state index contributed by atoms with van der Waals surface area (Å²) in [6.45, 7) is 9.39. The van der Waals surface area contributed by atoms with Crippen molar-refractivity contribution in [2.24, 2.45) is 11.3 Å². The Morgan fingerprint density at radius 1 is 0.714 bits per heavy atom. The van der Waals surface area contributed by atoms with Crippen molar-refractivity contribution in [3.8, 4) is 0 Å². The van der Waals surface area contributed by atoms with Crippen molar-refractivity contribution >= 4 is 0 Å². The number of benzene rings is 2. The van der Waals surface area contributed by atoms with Gasteiger partial charge in [0.15, 0.2) is 0 Å². The number of hydrogen-bond donors (Lipinski definition) is 0. The Bertz CT molecular complexity index is 614. The summed E-state index contributed by atoms with van der Waals surface area (Å²) >= 11 is 0. The van der Waals surface area contributed by atoms with E-state index in [1.165, 1.54) is 56.1 Å². The molecule has 0 N–H and O–H groups in total. The molecule has 0 radical (unpaired) electrons. The molecule has 1 unspecified atom stereocenters. The molecule has 1 heteroatoms. The molecule has 0 aliphatic carbocycles. The SMILES string of the molecule is CCCCCCCCC(C(C)(C)C)C(OC)(c1ccccc1)c1ccccc1. The molecule has 0 aliphatic rings. The Morgan fingerprint density at radius 3 is 1.61 bits per heavy atom. The molecule has 1 nitrogen and oxygen atoms in total. The third-order valence-electron chi connectivity index (χ3n) is 6.11. The van der Waals surface area contributed by atoms with Crippen LogP contribution >= 0.6 is 0 Å². The van der Waals surface area contributed by atoms with Crippen molar-refractivity contribution in [2.45, 2.75) is 78.2 Å². The van der Waals surface area contributed by atoms with Crippen molar-refractivity contribution in [3.05, 3.63) is 71.8 Å². The van der Waals surface area contributed by atoms with Gasteiger partial charge in [-0.3, -0.25) is 0 Å². The third-order valence-corrected chi connectivity index (χ3v) is 6.11. The van der Waals surface area contributed by atoms with Crippen LogP contribution in [0.5, 0.6) is 0 Å². The number of methoxy groups -OCH3 is 1. The fourth-order valence-electron chi connectivity index (χ4n) is 4.69. The first-order chi connectivity index (χ1) is 13.5. The first kappa shape index (κ1) is 22.7. The largest absolute Gasteiger partial charge is 0.368 e. The van der Waals surface area contributed by atoms with Crippen LogP contribution in [0.2, 0.25) is 0 Å². The van der Waals surface area contributed by atoms with E-state index in [0.29, 0.717) is 5.92 Å². The average Bonchev–Trinajstić information content (AvgIpc) is 2.70. The molecule has 0 aromatic heterocycles. The third kappa shape index (κ3) is 5.47.